The van der Waals surface area contributed by atoms with E-state index in [2.05, 4.69) is 10.6 Å². The average Bonchev–Trinajstić information content (AvgIpc) is 3.01. The lowest BCUT2D eigenvalue weighted by atomic mass is 9.92. The molecular weight excluding hydrogens is 566 g/mol. The SMILES string of the molecule is Cc1cc(NC(=O)[C@H](CCN)NC(=O)[C@@H]2Cc3ccccc3CN2C(=O)CCC(=O)N(C)Cc2ccccc2)ccc1Cl. The third-order valence-electron chi connectivity index (χ3n) is 7.63. The molecule has 0 saturated heterocycles. The van der Waals surface area contributed by atoms with Gasteiger partial charge < -0.3 is 26.2 Å². The van der Waals surface area contributed by atoms with Crippen molar-refractivity contribution in [3.63, 3.8) is 0 Å². The molecule has 4 rings (SSSR count). The Hall–Kier alpha value is -4.21. The molecule has 0 aromatic heterocycles. The largest absolute Gasteiger partial charge is 0.342 e. The molecule has 4 N–H and O–H groups in total. The van der Waals surface area contributed by atoms with Crippen molar-refractivity contribution >= 4 is 40.9 Å². The number of nitrogens with zero attached hydrogens (tertiary/aromatic N) is 2. The number of nitrogens with one attached hydrogen (secondary N) is 2. The first kappa shape index (κ1) is 31.7. The van der Waals surface area contributed by atoms with Gasteiger partial charge in [0.25, 0.3) is 0 Å². The summed E-state index contributed by atoms with van der Waals surface area (Å²) < 4.78 is 0. The van der Waals surface area contributed by atoms with E-state index >= 15 is 0 Å². The Kier molecular flexibility index (Phi) is 10.9. The summed E-state index contributed by atoms with van der Waals surface area (Å²) in [6.45, 7) is 2.68. The minimum Gasteiger partial charge on any atom is -0.342 e. The highest BCUT2D eigenvalue weighted by Crippen LogP contribution is 2.25. The van der Waals surface area contributed by atoms with E-state index in [0.717, 1.165) is 22.3 Å². The number of rotatable bonds is 11. The second kappa shape index (κ2) is 14.8. The smallest absolute Gasteiger partial charge is 0.246 e. The van der Waals surface area contributed by atoms with Crippen LogP contribution in [0.1, 0.15) is 41.5 Å². The maximum atomic E-state index is 13.7. The van der Waals surface area contributed by atoms with Crippen LogP contribution in [0.25, 0.3) is 0 Å². The number of amides is 4. The summed E-state index contributed by atoms with van der Waals surface area (Å²) >= 11 is 6.11. The number of carbonyl (C=O) groups excluding carboxylic acids is 4. The van der Waals surface area contributed by atoms with Gasteiger partial charge in [-0.25, -0.2) is 0 Å². The fraction of sp³-hybridized carbons (Fsp3) is 0.333. The molecule has 0 saturated carbocycles. The average molecular weight is 604 g/mol. The Labute approximate surface area is 257 Å². The van der Waals surface area contributed by atoms with Gasteiger partial charge in [0.15, 0.2) is 0 Å². The van der Waals surface area contributed by atoms with Gasteiger partial charge in [-0.1, -0.05) is 66.2 Å². The van der Waals surface area contributed by atoms with E-state index in [0.29, 0.717) is 23.7 Å². The van der Waals surface area contributed by atoms with Crippen LogP contribution in [0.15, 0.2) is 72.8 Å². The van der Waals surface area contributed by atoms with Crippen LogP contribution in [-0.4, -0.2) is 59.1 Å². The number of nitrogens with two attached hydrogens (primary N) is 1. The minimum absolute atomic E-state index is 0.0212. The van der Waals surface area contributed by atoms with E-state index in [9.17, 15) is 19.2 Å². The second-order valence-electron chi connectivity index (χ2n) is 10.8. The van der Waals surface area contributed by atoms with Crippen LogP contribution in [0.5, 0.6) is 0 Å². The quantitative estimate of drug-likeness (QED) is 0.307. The molecule has 226 valence electrons. The molecule has 0 radical (unpaired) electrons. The van der Waals surface area contributed by atoms with Gasteiger partial charge >= 0.3 is 0 Å². The zero-order valence-electron chi connectivity index (χ0n) is 24.5. The number of benzene rings is 3. The fourth-order valence-electron chi connectivity index (χ4n) is 5.17. The van der Waals surface area contributed by atoms with Gasteiger partial charge in [0.05, 0.1) is 0 Å². The molecule has 0 spiro atoms. The predicted molar refractivity (Wildman–Crippen MR) is 167 cm³/mol. The fourth-order valence-corrected chi connectivity index (χ4v) is 5.29. The van der Waals surface area contributed by atoms with Crippen LogP contribution < -0.4 is 16.4 Å². The summed E-state index contributed by atoms with van der Waals surface area (Å²) in [6, 6.07) is 20.7. The van der Waals surface area contributed by atoms with E-state index in [4.69, 9.17) is 17.3 Å². The standard InChI is InChI=1S/C33H38ClN5O4/c1-22-18-26(12-13-27(22)34)36-32(42)28(16-17-35)37-33(43)29-19-24-10-6-7-11-25(24)21-39(29)31(41)15-14-30(40)38(2)20-23-8-4-3-5-9-23/h3-13,18,28-29H,14-17,19-21,35H2,1-2H3,(H,36,42)(H,37,43)/t28-,29-/m0/s1. The highest BCUT2D eigenvalue weighted by Gasteiger charge is 2.36. The molecule has 9 nitrogen and oxygen atoms in total. The molecule has 10 heteroatoms. The summed E-state index contributed by atoms with van der Waals surface area (Å²) in [5, 5.41) is 6.24. The molecule has 2 atom stereocenters. The van der Waals surface area contributed by atoms with Gasteiger partial charge in [0.2, 0.25) is 23.6 Å². The highest BCUT2D eigenvalue weighted by atomic mass is 35.5. The second-order valence-corrected chi connectivity index (χ2v) is 11.2. The van der Waals surface area contributed by atoms with Crippen LogP contribution >= 0.6 is 11.6 Å². The maximum absolute atomic E-state index is 13.7. The summed E-state index contributed by atoms with van der Waals surface area (Å²) in [5.41, 5.74) is 10.0. The first-order valence-corrected chi connectivity index (χ1v) is 14.8. The number of halogens is 1. The normalized spacial score (nSPS) is 14.8. The van der Waals surface area contributed by atoms with Gasteiger partial charge in [0, 0.05) is 50.1 Å². The monoisotopic (exact) mass is 603 g/mol. The number of aryl methyl sites for hydroxylation is 1. The van der Waals surface area contributed by atoms with Crippen LogP contribution in [0, 0.1) is 6.92 Å². The van der Waals surface area contributed by atoms with Crippen LogP contribution in [0.4, 0.5) is 5.69 Å². The highest BCUT2D eigenvalue weighted by molar-refractivity contribution is 6.31. The lowest BCUT2D eigenvalue weighted by Gasteiger charge is -2.37. The van der Waals surface area contributed by atoms with Crippen LogP contribution in [0.3, 0.4) is 0 Å². The van der Waals surface area contributed by atoms with Crippen molar-refractivity contribution < 1.29 is 19.2 Å². The van der Waals surface area contributed by atoms with E-state index in [-0.39, 0.29) is 44.2 Å². The molecule has 0 bridgehead atoms. The molecule has 1 aliphatic heterocycles. The first-order valence-electron chi connectivity index (χ1n) is 14.4. The Balaban J connectivity index is 1.45. The number of fused-ring (bicyclic) bond motifs is 1. The van der Waals surface area contributed by atoms with Gasteiger partial charge in [0.1, 0.15) is 12.1 Å². The topological polar surface area (TPSA) is 125 Å². The predicted octanol–water partition coefficient (Wildman–Crippen LogP) is 3.81. The van der Waals surface area contributed by atoms with Gasteiger partial charge in [-0.05, 0) is 60.3 Å². The maximum Gasteiger partial charge on any atom is 0.246 e. The summed E-state index contributed by atoms with van der Waals surface area (Å²) in [5.74, 6) is -1.32. The van der Waals surface area contributed by atoms with E-state index in [1.807, 2.05) is 61.5 Å². The molecule has 43 heavy (non-hydrogen) atoms. The lowest BCUT2D eigenvalue weighted by molar-refractivity contribution is -0.144. The Bertz CT molecular complexity index is 1460. The van der Waals surface area contributed by atoms with Crippen molar-refractivity contribution in [3.8, 4) is 0 Å². The van der Waals surface area contributed by atoms with Crippen molar-refractivity contribution in [1.29, 1.82) is 0 Å². The van der Waals surface area contributed by atoms with Crippen molar-refractivity contribution in [1.82, 2.24) is 15.1 Å². The molecule has 1 aliphatic rings. The molecule has 3 aromatic carbocycles. The molecule has 0 aliphatic carbocycles. The zero-order valence-corrected chi connectivity index (χ0v) is 25.3. The Morgan fingerprint density at radius 3 is 2.40 bits per heavy atom. The Morgan fingerprint density at radius 1 is 1.00 bits per heavy atom. The first-order chi connectivity index (χ1) is 20.7. The summed E-state index contributed by atoms with van der Waals surface area (Å²) in [4.78, 5) is 56.3. The molecule has 4 amide bonds. The number of hydrogen-bond acceptors (Lipinski definition) is 5. The molecule has 1 heterocycles. The van der Waals surface area contributed by atoms with Gasteiger partial charge in [-0.3, -0.25) is 19.2 Å². The number of hydrogen-bond donors (Lipinski definition) is 3. The molecule has 3 aromatic rings. The molecule has 0 fully saturated rings. The summed E-state index contributed by atoms with van der Waals surface area (Å²) in [7, 11) is 1.71. The number of carbonyl (C=O) groups is 4. The lowest BCUT2D eigenvalue weighted by Crippen LogP contribution is -2.56. The van der Waals surface area contributed by atoms with Crippen molar-refractivity contribution in [3.05, 3.63) is 100 Å². The molecule has 0 unspecified atom stereocenters. The van der Waals surface area contributed by atoms with E-state index in [1.165, 1.54) is 4.90 Å². The van der Waals surface area contributed by atoms with Crippen LogP contribution in [0.2, 0.25) is 5.02 Å². The summed E-state index contributed by atoms with van der Waals surface area (Å²) in [6.07, 6.45) is 0.493. The van der Waals surface area contributed by atoms with Gasteiger partial charge in [-0.2, -0.15) is 0 Å². The van der Waals surface area contributed by atoms with Crippen molar-refractivity contribution in [2.75, 3.05) is 18.9 Å². The Morgan fingerprint density at radius 2 is 1.70 bits per heavy atom. The van der Waals surface area contributed by atoms with E-state index in [1.54, 1.807) is 30.1 Å². The minimum atomic E-state index is -0.907. The zero-order chi connectivity index (χ0) is 30.9. The van der Waals surface area contributed by atoms with Crippen molar-refractivity contribution in [2.45, 2.75) is 57.8 Å². The van der Waals surface area contributed by atoms with Gasteiger partial charge in [-0.15, -0.1) is 0 Å². The third kappa shape index (κ3) is 8.43. The third-order valence-corrected chi connectivity index (χ3v) is 8.05. The van der Waals surface area contributed by atoms with Crippen molar-refractivity contribution in [2.24, 2.45) is 5.73 Å². The number of anilines is 1. The van der Waals surface area contributed by atoms with E-state index < -0.39 is 23.9 Å². The van der Waals surface area contributed by atoms with Crippen LogP contribution in [-0.2, 0) is 38.7 Å². The molecular formula is C33H38ClN5O4.